The van der Waals surface area contributed by atoms with E-state index in [9.17, 15) is 38.4 Å². The first-order chi connectivity index (χ1) is 53.2. The highest BCUT2D eigenvalue weighted by Gasteiger charge is 2.20. The van der Waals surface area contributed by atoms with Gasteiger partial charge in [-0.2, -0.15) is 21.9 Å². The Labute approximate surface area is 652 Å². The standard InChI is InChI=1S/C77H122N14O20/c1-51-44-67(64(101-9)48-59(51)55(5)79)105-41-13-17-75(97)109-87-31-27-83-71(93)23-35-90(34-22-70(92)82-26-30-86-108-74(96)16-12-40-104-62-21-20-58(54(4)78)47-63(62)100-8)38-39-91(36-24-72(94)84-28-32-88-110-76(98)18-14-42-106-68-45-52(2)60(56(6)80)49-65(68)102-10)37-25-73(95)85-29-33-89-111-77(99)19-15-43-107-69-46-53(3)61(57(7)81)50-66(69)103-11/h20-21,44-50,54-57,86-89H,12-19,22-43,78-81H2,1-11H3,(H,82,92)(H,83,93)(H,84,94)(H,85,95). The molecule has 0 aromatic heterocycles. The van der Waals surface area contributed by atoms with E-state index in [4.69, 9.17) is 80.2 Å². The SMILES string of the molecule is COc1cc(C(C)N)ccc1OCCCC(=O)ONCCNC(=O)CCN(CCC(=O)NCCNOC(=O)CCCOc1cc(C)c(C(C)N)cc1OC)CCN(CCC(=O)NCCNOC(=O)CCCOc1cc(C)c(C(C)N)cc1OC)CCC(=O)NCCNOC(=O)CCCOc1cc(C)c(C(C)N)cc1OC. The monoisotopic (exact) mass is 1560 g/mol. The Morgan fingerprint density at radius 2 is 0.586 bits per heavy atom. The lowest BCUT2D eigenvalue weighted by Gasteiger charge is -2.27. The number of benzene rings is 4. The third kappa shape index (κ3) is 37.9. The molecule has 34 nitrogen and oxygen atoms in total. The molecule has 0 heterocycles. The van der Waals surface area contributed by atoms with Crippen molar-refractivity contribution < 1.29 is 95.6 Å². The maximum Gasteiger partial charge on any atom is 0.324 e. The molecule has 111 heavy (non-hydrogen) atoms. The Balaban J connectivity index is 1.31. The van der Waals surface area contributed by atoms with E-state index in [0.717, 1.165) is 38.9 Å². The zero-order chi connectivity index (χ0) is 81.5. The third-order valence-corrected chi connectivity index (χ3v) is 17.3. The van der Waals surface area contributed by atoms with E-state index < -0.39 is 23.9 Å². The van der Waals surface area contributed by atoms with Gasteiger partial charge in [-0.1, -0.05) is 6.07 Å². The molecule has 0 radical (unpaired) electrons. The van der Waals surface area contributed by atoms with Gasteiger partial charge in [0.2, 0.25) is 23.6 Å². The van der Waals surface area contributed by atoms with Gasteiger partial charge in [-0.05, 0) is 162 Å². The molecule has 16 N–H and O–H groups in total. The normalized spacial score (nSPS) is 12.2. The molecule has 4 aromatic rings. The lowest BCUT2D eigenvalue weighted by atomic mass is 10.0. The number of nitrogens with two attached hydrogens (primary N) is 4. The number of nitrogens with one attached hydrogen (secondary N) is 8. The fraction of sp³-hybridized carbons (Fsp3) is 0.584. The largest absolute Gasteiger partial charge is 0.493 e. The number of carbonyl (C=O) groups is 8. The maximum atomic E-state index is 13.3. The van der Waals surface area contributed by atoms with Crippen LogP contribution in [0.25, 0.3) is 0 Å². The quantitative estimate of drug-likeness (QED) is 0.0167. The molecule has 4 atom stereocenters. The zero-order valence-corrected chi connectivity index (χ0v) is 66.6. The third-order valence-electron chi connectivity index (χ3n) is 17.3. The molecule has 34 heteroatoms. The summed E-state index contributed by atoms with van der Waals surface area (Å²) in [5.41, 5.74) is 41.2. The maximum absolute atomic E-state index is 13.3. The number of hydrogen-bond acceptors (Lipinski definition) is 30. The molecule has 0 saturated heterocycles. The molecular weight excluding hydrogens is 1440 g/mol. The predicted molar refractivity (Wildman–Crippen MR) is 415 cm³/mol. The summed E-state index contributed by atoms with van der Waals surface area (Å²) in [7, 11) is 6.15. The predicted octanol–water partition coefficient (Wildman–Crippen LogP) is 4.28. The van der Waals surface area contributed by atoms with Crippen molar-refractivity contribution in [2.45, 2.75) is 150 Å². The molecule has 4 unspecified atom stereocenters. The number of rotatable bonds is 59. The summed E-state index contributed by atoms with van der Waals surface area (Å²) < 4.78 is 45.4. The molecule has 4 aromatic carbocycles. The minimum atomic E-state index is -0.522. The van der Waals surface area contributed by atoms with Gasteiger partial charge in [0, 0.05) is 141 Å². The fourth-order valence-electron chi connectivity index (χ4n) is 11.1. The second kappa shape index (κ2) is 53.5. The Morgan fingerprint density at radius 1 is 0.324 bits per heavy atom. The van der Waals surface area contributed by atoms with Crippen LogP contribution in [0.5, 0.6) is 46.0 Å². The summed E-state index contributed by atoms with van der Waals surface area (Å²) in [4.78, 5) is 128. The van der Waals surface area contributed by atoms with E-state index in [2.05, 4.69) is 43.2 Å². The number of nitrogens with zero attached hydrogens (tertiary/aromatic N) is 2. The van der Waals surface area contributed by atoms with Crippen molar-refractivity contribution >= 4 is 47.5 Å². The minimum Gasteiger partial charge on any atom is -0.493 e. The Hall–Kier alpha value is -9.36. The van der Waals surface area contributed by atoms with Crippen LogP contribution < -0.4 is 104 Å². The first-order valence-electron chi connectivity index (χ1n) is 37.7. The van der Waals surface area contributed by atoms with E-state index >= 15 is 0 Å². The Bertz CT molecular complexity index is 3400. The van der Waals surface area contributed by atoms with E-state index in [0.29, 0.717) is 84.8 Å². The average Bonchev–Trinajstić information content (AvgIpc) is 0.834. The summed E-state index contributed by atoms with van der Waals surface area (Å²) >= 11 is 0. The van der Waals surface area contributed by atoms with E-state index in [1.54, 1.807) is 33.5 Å². The number of methoxy groups -OCH3 is 4. The highest BCUT2D eigenvalue weighted by atomic mass is 16.7. The second-order valence-electron chi connectivity index (χ2n) is 26.5. The van der Waals surface area contributed by atoms with Crippen LogP contribution in [0, 0.1) is 20.8 Å². The fourth-order valence-corrected chi connectivity index (χ4v) is 11.1. The van der Waals surface area contributed by atoms with Crippen molar-refractivity contribution in [3.8, 4) is 46.0 Å². The van der Waals surface area contributed by atoms with Gasteiger partial charge in [0.15, 0.2) is 46.0 Å². The Morgan fingerprint density at radius 3 is 0.838 bits per heavy atom. The highest BCUT2D eigenvalue weighted by Crippen LogP contribution is 2.36. The van der Waals surface area contributed by atoms with Crippen LogP contribution in [0.4, 0.5) is 0 Å². The van der Waals surface area contributed by atoms with Gasteiger partial charge in [0.1, 0.15) is 0 Å². The molecule has 4 rings (SSSR count). The van der Waals surface area contributed by atoms with Crippen molar-refractivity contribution in [3.05, 3.63) is 93.5 Å². The molecule has 0 aliphatic heterocycles. The van der Waals surface area contributed by atoms with Crippen LogP contribution >= 0.6 is 0 Å². The zero-order valence-electron chi connectivity index (χ0n) is 66.6. The van der Waals surface area contributed by atoms with Gasteiger partial charge in [0.25, 0.3) is 0 Å². The number of hydrogen-bond donors (Lipinski definition) is 12. The number of carbonyl (C=O) groups excluding carboxylic acids is 8. The number of ether oxygens (including phenoxy) is 8. The smallest absolute Gasteiger partial charge is 0.324 e. The van der Waals surface area contributed by atoms with Crippen molar-refractivity contribution in [3.63, 3.8) is 0 Å². The summed E-state index contributed by atoms with van der Waals surface area (Å²) in [6, 6.07) is 15.7. The van der Waals surface area contributed by atoms with Gasteiger partial charge in [-0.15, -0.1) is 0 Å². The van der Waals surface area contributed by atoms with Crippen LogP contribution in [0.3, 0.4) is 0 Å². The van der Waals surface area contributed by atoms with E-state index in [1.807, 2.05) is 101 Å². The van der Waals surface area contributed by atoms with Crippen LogP contribution in [0.15, 0.2) is 54.6 Å². The average molecular weight is 1560 g/mol. The number of hydroxylamine groups is 4. The summed E-state index contributed by atoms with van der Waals surface area (Å²) in [6.07, 6.45) is 1.70. The molecule has 620 valence electrons. The minimum absolute atomic E-state index is 0.0102. The summed E-state index contributed by atoms with van der Waals surface area (Å²) in [5, 5.41) is 11.3. The number of amides is 4. The van der Waals surface area contributed by atoms with Crippen molar-refractivity contribution in [1.82, 2.24) is 53.0 Å². The van der Waals surface area contributed by atoms with Gasteiger partial charge >= 0.3 is 23.9 Å². The molecule has 4 amide bonds. The first-order valence-corrected chi connectivity index (χ1v) is 37.7. The van der Waals surface area contributed by atoms with Crippen LogP contribution in [-0.2, 0) is 57.7 Å². The molecule has 0 spiro atoms. The van der Waals surface area contributed by atoms with Gasteiger partial charge in [-0.3, -0.25) is 38.4 Å². The Kier molecular flexibility index (Phi) is 45.3. The molecule has 0 aliphatic rings. The lowest BCUT2D eigenvalue weighted by Crippen LogP contribution is -2.42. The molecule has 0 bridgehead atoms. The first kappa shape index (κ1) is 94.0. The van der Waals surface area contributed by atoms with Crippen LogP contribution in [-0.4, -0.2) is 204 Å². The van der Waals surface area contributed by atoms with Crippen molar-refractivity contribution in [2.24, 2.45) is 22.9 Å². The van der Waals surface area contributed by atoms with Gasteiger partial charge in [-0.25, -0.2) is 0 Å². The van der Waals surface area contributed by atoms with Gasteiger partial charge < -0.3 is 111 Å². The van der Waals surface area contributed by atoms with Gasteiger partial charge in [0.05, 0.1) is 80.6 Å². The summed E-state index contributed by atoms with van der Waals surface area (Å²) in [6.45, 7) is 16.5. The molecule has 0 aliphatic carbocycles. The number of aryl methyl sites for hydroxylation is 3. The second-order valence-corrected chi connectivity index (χ2v) is 26.5. The van der Waals surface area contributed by atoms with E-state index in [1.165, 1.54) is 7.11 Å². The topological polar surface area (TPSA) is 454 Å². The molecular formula is C77H122N14O20. The molecule has 0 fully saturated rings. The van der Waals surface area contributed by atoms with Crippen LogP contribution in [0.2, 0.25) is 0 Å². The van der Waals surface area contributed by atoms with E-state index in [-0.39, 0.29) is 204 Å². The van der Waals surface area contributed by atoms with Crippen molar-refractivity contribution in [2.75, 3.05) is 146 Å². The van der Waals surface area contributed by atoms with Crippen LogP contribution in [0.1, 0.15) is 168 Å². The lowest BCUT2D eigenvalue weighted by molar-refractivity contribution is -0.152. The molecule has 0 saturated carbocycles. The highest BCUT2D eigenvalue weighted by molar-refractivity contribution is 5.78. The summed E-state index contributed by atoms with van der Waals surface area (Å²) in [5.74, 6) is 0.871. The van der Waals surface area contributed by atoms with Crippen molar-refractivity contribution in [1.29, 1.82) is 0 Å².